The number of halogens is 1. The summed E-state index contributed by atoms with van der Waals surface area (Å²) in [5, 5.41) is 5.05. The number of ether oxygens (including phenoxy) is 2. The summed E-state index contributed by atoms with van der Waals surface area (Å²) in [6.07, 6.45) is 3.02. The number of hydrogen-bond acceptors (Lipinski definition) is 6. The van der Waals surface area contributed by atoms with E-state index in [1.54, 1.807) is 29.9 Å². The molecule has 5 aliphatic rings. The predicted octanol–water partition coefficient (Wildman–Crippen LogP) is 3.40. The average Bonchev–Trinajstić information content (AvgIpc) is 3.33. The number of pyridine rings is 1. The van der Waals surface area contributed by atoms with Gasteiger partial charge in [0, 0.05) is 48.8 Å². The first-order valence-corrected chi connectivity index (χ1v) is 12.1. The molecule has 2 saturated carbocycles. The Morgan fingerprint density at radius 1 is 1.33 bits per heavy atom. The normalized spacial score (nSPS) is 32.7. The van der Waals surface area contributed by atoms with E-state index < -0.39 is 0 Å². The number of esters is 1. The third kappa shape index (κ3) is 2.95. The van der Waals surface area contributed by atoms with Crippen LogP contribution in [0.15, 0.2) is 18.3 Å². The highest BCUT2D eigenvalue weighted by molar-refractivity contribution is 6.31. The molecule has 2 aromatic heterocycles. The lowest BCUT2D eigenvalue weighted by atomic mass is 10.0. The van der Waals surface area contributed by atoms with Gasteiger partial charge in [0.1, 0.15) is 17.7 Å². The Morgan fingerprint density at radius 2 is 2.12 bits per heavy atom. The summed E-state index contributed by atoms with van der Waals surface area (Å²) < 4.78 is 13.0. The number of nitrogens with zero attached hydrogens (tertiary/aromatic N) is 4. The average molecular weight is 471 g/mol. The molecule has 2 aromatic rings. The Hall–Kier alpha value is -2.61. The minimum absolute atomic E-state index is 0.0155. The first kappa shape index (κ1) is 21.0. The van der Waals surface area contributed by atoms with Gasteiger partial charge in [0.15, 0.2) is 5.69 Å². The molecule has 8 nitrogen and oxygen atoms in total. The predicted molar refractivity (Wildman–Crippen MR) is 119 cm³/mol. The highest BCUT2D eigenvalue weighted by Crippen LogP contribution is 2.96. The van der Waals surface area contributed by atoms with Crippen molar-refractivity contribution in [3.63, 3.8) is 0 Å². The number of rotatable bonds is 6. The van der Waals surface area contributed by atoms with Crippen molar-refractivity contribution in [3.05, 3.63) is 40.3 Å². The van der Waals surface area contributed by atoms with Crippen molar-refractivity contribution in [2.75, 3.05) is 13.2 Å². The van der Waals surface area contributed by atoms with Gasteiger partial charge < -0.3 is 14.4 Å². The molecule has 6 atom stereocenters. The van der Waals surface area contributed by atoms with Crippen molar-refractivity contribution < 1.29 is 19.1 Å². The first-order chi connectivity index (χ1) is 15.9. The van der Waals surface area contributed by atoms with E-state index >= 15 is 0 Å². The van der Waals surface area contributed by atoms with Gasteiger partial charge in [0.25, 0.3) is 0 Å². The molecule has 1 aliphatic heterocycles. The molecule has 174 valence electrons. The van der Waals surface area contributed by atoms with Crippen LogP contribution in [0.5, 0.6) is 5.88 Å². The second kappa shape index (κ2) is 7.19. The first-order valence-electron chi connectivity index (χ1n) is 11.7. The fraction of sp³-hybridized carbons (Fsp3) is 0.583. The Labute approximate surface area is 197 Å². The molecule has 0 radical (unpaired) electrons. The van der Waals surface area contributed by atoms with Crippen LogP contribution in [0, 0.1) is 11.3 Å². The molecule has 7 rings (SSSR count). The molecular formula is C24H27ClN4O4. The van der Waals surface area contributed by atoms with E-state index in [2.05, 4.69) is 17.0 Å². The largest absolute Gasteiger partial charge is 0.473 e. The van der Waals surface area contributed by atoms with Crippen molar-refractivity contribution in [2.24, 2.45) is 11.3 Å². The second-order valence-corrected chi connectivity index (χ2v) is 10.3. The van der Waals surface area contributed by atoms with Crippen molar-refractivity contribution in [3.8, 4) is 5.88 Å². The number of aromatic nitrogens is 3. The maximum Gasteiger partial charge on any atom is 0.359 e. The van der Waals surface area contributed by atoms with Crippen LogP contribution in [0.2, 0.25) is 5.02 Å². The number of likely N-dealkylation sites (tertiary alicyclic amines) is 1. The minimum Gasteiger partial charge on any atom is -0.473 e. The van der Waals surface area contributed by atoms with Crippen LogP contribution >= 0.6 is 11.6 Å². The van der Waals surface area contributed by atoms with Crippen molar-refractivity contribution in [1.82, 2.24) is 19.7 Å². The summed E-state index contributed by atoms with van der Waals surface area (Å²) in [7, 11) is 0. The van der Waals surface area contributed by atoms with E-state index in [1.807, 2.05) is 11.8 Å². The van der Waals surface area contributed by atoms with Crippen LogP contribution < -0.4 is 4.74 Å². The number of hydrogen-bond donors (Lipinski definition) is 0. The summed E-state index contributed by atoms with van der Waals surface area (Å²) in [5.74, 6) is 1.53. The number of carbonyl (C=O) groups is 2. The number of carbonyl (C=O) groups excluding carboxylic acids is 2. The number of amides is 1. The molecule has 1 amide bonds. The van der Waals surface area contributed by atoms with Crippen molar-refractivity contribution in [2.45, 2.75) is 64.1 Å². The zero-order chi connectivity index (χ0) is 23.1. The Balaban J connectivity index is 1.15. The molecule has 9 heteroatoms. The van der Waals surface area contributed by atoms with Gasteiger partial charge in [-0.3, -0.25) is 9.48 Å². The fourth-order valence-electron chi connectivity index (χ4n) is 6.39. The summed E-state index contributed by atoms with van der Waals surface area (Å²) in [5.41, 5.74) is 2.80. The molecule has 0 N–H and O–H groups in total. The SMILES string of the molecule is CCOC(=O)c1nn(CC(=O)N2CC[C@H](Oc3ncccc3Cl)C[C@@H]2C)c2c1[C@H]1[C@H]3C2[C@]31C. The lowest BCUT2D eigenvalue weighted by molar-refractivity contribution is -0.136. The monoisotopic (exact) mass is 470 g/mol. The summed E-state index contributed by atoms with van der Waals surface area (Å²) in [6, 6.07) is 3.54. The Kier molecular flexibility index (Phi) is 4.57. The van der Waals surface area contributed by atoms with Crippen LogP contribution in [-0.2, 0) is 16.1 Å². The molecule has 4 aliphatic carbocycles. The van der Waals surface area contributed by atoms with Crippen LogP contribution in [0.4, 0.5) is 0 Å². The second-order valence-electron chi connectivity index (χ2n) is 9.86. The minimum atomic E-state index is -0.380. The molecule has 2 bridgehead atoms. The zero-order valence-corrected chi connectivity index (χ0v) is 19.7. The number of piperidine rings is 1. The van der Waals surface area contributed by atoms with E-state index in [4.69, 9.17) is 21.1 Å². The van der Waals surface area contributed by atoms with E-state index in [1.165, 1.54) is 0 Å². The lowest BCUT2D eigenvalue weighted by Crippen LogP contribution is -2.48. The van der Waals surface area contributed by atoms with Crippen LogP contribution in [-0.4, -0.2) is 56.8 Å². The van der Waals surface area contributed by atoms with Gasteiger partial charge in [0.2, 0.25) is 11.8 Å². The quantitative estimate of drug-likeness (QED) is 0.601. The molecule has 33 heavy (non-hydrogen) atoms. The molecule has 3 fully saturated rings. The van der Waals surface area contributed by atoms with Gasteiger partial charge >= 0.3 is 5.97 Å². The molecule has 1 saturated heterocycles. The molecule has 3 heterocycles. The molecule has 0 spiro atoms. The Bertz CT molecular complexity index is 1170. The third-order valence-corrected chi connectivity index (χ3v) is 8.39. The van der Waals surface area contributed by atoms with Crippen molar-refractivity contribution >= 4 is 23.5 Å². The molecule has 1 unspecified atom stereocenters. The van der Waals surface area contributed by atoms with Gasteiger partial charge in [-0.05, 0) is 43.2 Å². The smallest absolute Gasteiger partial charge is 0.359 e. The summed E-state index contributed by atoms with van der Waals surface area (Å²) >= 11 is 6.17. The van der Waals surface area contributed by atoms with Crippen LogP contribution in [0.25, 0.3) is 0 Å². The lowest BCUT2D eigenvalue weighted by Gasteiger charge is -2.37. The van der Waals surface area contributed by atoms with Crippen molar-refractivity contribution in [1.29, 1.82) is 0 Å². The van der Waals surface area contributed by atoms with Gasteiger partial charge in [-0.1, -0.05) is 18.5 Å². The highest BCUT2D eigenvalue weighted by Gasteiger charge is 2.90. The van der Waals surface area contributed by atoms with E-state index in [9.17, 15) is 9.59 Å². The van der Waals surface area contributed by atoms with E-state index in [0.717, 1.165) is 11.3 Å². The molecular weight excluding hydrogens is 444 g/mol. The van der Waals surface area contributed by atoms with Crippen LogP contribution in [0.1, 0.15) is 67.2 Å². The van der Waals surface area contributed by atoms with Crippen LogP contribution in [0.3, 0.4) is 0 Å². The topological polar surface area (TPSA) is 86.5 Å². The summed E-state index contributed by atoms with van der Waals surface area (Å²) in [6.45, 7) is 7.15. The van der Waals surface area contributed by atoms with E-state index in [-0.39, 0.29) is 36.0 Å². The standard InChI is InChI=1S/C24H27ClN4O4/c1-4-32-23(31)20-16-17-18-19(24(17,18)3)21(16)29(27-20)11-15(30)28-9-7-13(10-12(28)2)33-22-14(25)6-5-8-26-22/h5-6,8,12-13,17-19H,4,7,9-11H2,1-3H3/t12-,13-,17-,18-,19?,24-/m0/s1. The highest BCUT2D eigenvalue weighted by atomic mass is 35.5. The van der Waals surface area contributed by atoms with Gasteiger partial charge in [-0.15, -0.1) is 0 Å². The zero-order valence-electron chi connectivity index (χ0n) is 19.0. The van der Waals surface area contributed by atoms with E-state index in [0.29, 0.717) is 60.3 Å². The third-order valence-electron chi connectivity index (χ3n) is 8.10. The maximum atomic E-state index is 13.3. The Morgan fingerprint density at radius 3 is 2.82 bits per heavy atom. The summed E-state index contributed by atoms with van der Waals surface area (Å²) in [4.78, 5) is 31.9. The maximum absolute atomic E-state index is 13.3. The van der Waals surface area contributed by atoms with Gasteiger partial charge in [0.05, 0.1) is 6.61 Å². The van der Waals surface area contributed by atoms with Gasteiger partial charge in [-0.2, -0.15) is 5.10 Å². The molecule has 0 aromatic carbocycles. The fourth-order valence-corrected chi connectivity index (χ4v) is 6.56. The van der Waals surface area contributed by atoms with Gasteiger partial charge in [-0.25, -0.2) is 9.78 Å².